The standard InChI is InChI=1S/C24H21N5O4S2/c30-21(18-11-5-2-6-12-18)26-23-27-28-24(34-23)35(32,33)29-20-14-8-7-13-19(20)22(31)25-16-15-17-9-3-1-4-10-17/h1-14,29H,15-16H2,(H,25,31)(H,26,27,30). The molecule has 11 heteroatoms. The molecule has 1 aromatic heterocycles. The Kier molecular flexibility index (Phi) is 7.48. The predicted octanol–water partition coefficient (Wildman–Crippen LogP) is 3.56. The summed E-state index contributed by atoms with van der Waals surface area (Å²) in [6.45, 7) is 0.394. The first kappa shape index (κ1) is 24.0. The van der Waals surface area contributed by atoms with Gasteiger partial charge in [-0.25, -0.2) is 0 Å². The minimum absolute atomic E-state index is 0.0335. The SMILES string of the molecule is O=C(Nc1nnc(S(=O)(=O)Nc2ccccc2C(=O)NCCc2ccccc2)s1)c1ccccc1. The highest BCUT2D eigenvalue weighted by Gasteiger charge is 2.23. The van der Waals surface area contributed by atoms with Crippen LogP contribution in [0.3, 0.4) is 0 Å². The lowest BCUT2D eigenvalue weighted by atomic mass is 10.1. The highest BCUT2D eigenvalue weighted by molar-refractivity contribution is 7.94. The molecule has 0 atom stereocenters. The number of nitrogens with one attached hydrogen (secondary N) is 3. The van der Waals surface area contributed by atoms with E-state index in [1.165, 1.54) is 12.1 Å². The van der Waals surface area contributed by atoms with Gasteiger partial charge in [-0.2, -0.15) is 8.42 Å². The Balaban J connectivity index is 1.42. The number of amides is 2. The van der Waals surface area contributed by atoms with Gasteiger partial charge >= 0.3 is 0 Å². The largest absolute Gasteiger partial charge is 0.352 e. The average Bonchev–Trinajstić information content (AvgIpc) is 3.35. The summed E-state index contributed by atoms with van der Waals surface area (Å²) in [4.78, 5) is 25.0. The maximum Gasteiger partial charge on any atom is 0.291 e. The third-order valence-corrected chi connectivity index (χ3v) is 7.42. The van der Waals surface area contributed by atoms with Crippen molar-refractivity contribution in [1.29, 1.82) is 0 Å². The Morgan fingerprint density at radius 2 is 1.46 bits per heavy atom. The lowest BCUT2D eigenvalue weighted by molar-refractivity contribution is 0.0954. The van der Waals surface area contributed by atoms with Crippen molar-refractivity contribution >= 4 is 44.0 Å². The van der Waals surface area contributed by atoms with Crippen molar-refractivity contribution in [2.45, 2.75) is 10.8 Å². The monoisotopic (exact) mass is 507 g/mol. The van der Waals surface area contributed by atoms with Crippen LogP contribution in [0.15, 0.2) is 89.3 Å². The van der Waals surface area contributed by atoms with E-state index in [2.05, 4.69) is 25.6 Å². The Morgan fingerprint density at radius 1 is 0.800 bits per heavy atom. The van der Waals surface area contributed by atoms with Gasteiger partial charge in [-0.3, -0.25) is 19.6 Å². The fourth-order valence-electron chi connectivity index (χ4n) is 3.15. The minimum atomic E-state index is -4.15. The first-order valence-electron chi connectivity index (χ1n) is 10.6. The molecule has 4 rings (SSSR count). The molecular formula is C24H21N5O4S2. The van der Waals surface area contributed by atoms with Crippen LogP contribution in [0.1, 0.15) is 26.3 Å². The number of carbonyl (C=O) groups is 2. The molecule has 0 radical (unpaired) electrons. The summed E-state index contributed by atoms with van der Waals surface area (Å²) in [6.07, 6.45) is 0.642. The molecule has 4 aromatic rings. The molecule has 0 unspecified atom stereocenters. The maximum atomic E-state index is 12.9. The van der Waals surface area contributed by atoms with E-state index in [4.69, 9.17) is 0 Å². The molecule has 1 heterocycles. The van der Waals surface area contributed by atoms with E-state index < -0.39 is 21.8 Å². The molecule has 178 valence electrons. The number of para-hydroxylation sites is 1. The van der Waals surface area contributed by atoms with Gasteiger partial charge in [0.25, 0.3) is 26.2 Å². The van der Waals surface area contributed by atoms with Crippen LogP contribution in [-0.2, 0) is 16.4 Å². The third kappa shape index (κ3) is 6.28. The highest BCUT2D eigenvalue weighted by atomic mass is 32.2. The van der Waals surface area contributed by atoms with Crippen LogP contribution in [0.2, 0.25) is 0 Å². The summed E-state index contributed by atoms with van der Waals surface area (Å²) in [5, 5.41) is 12.8. The number of rotatable bonds is 9. The van der Waals surface area contributed by atoms with Crippen LogP contribution in [0.5, 0.6) is 0 Å². The average molecular weight is 508 g/mol. The third-order valence-electron chi connectivity index (χ3n) is 4.85. The minimum Gasteiger partial charge on any atom is -0.352 e. The number of anilines is 2. The van der Waals surface area contributed by atoms with Gasteiger partial charge in [0, 0.05) is 12.1 Å². The normalized spacial score (nSPS) is 11.0. The number of benzene rings is 3. The van der Waals surface area contributed by atoms with Gasteiger partial charge in [-0.1, -0.05) is 72.0 Å². The fraction of sp³-hybridized carbons (Fsp3) is 0.0833. The second-order valence-corrected chi connectivity index (χ2v) is 10.2. The second-order valence-electron chi connectivity index (χ2n) is 7.34. The van der Waals surface area contributed by atoms with E-state index in [1.54, 1.807) is 42.5 Å². The van der Waals surface area contributed by atoms with E-state index in [0.717, 1.165) is 5.56 Å². The molecule has 0 saturated heterocycles. The van der Waals surface area contributed by atoms with Crippen molar-refractivity contribution < 1.29 is 18.0 Å². The van der Waals surface area contributed by atoms with E-state index in [0.29, 0.717) is 29.9 Å². The Bertz CT molecular complexity index is 1420. The summed E-state index contributed by atoms with van der Waals surface area (Å²) < 4.78 is 27.8. The summed E-state index contributed by atoms with van der Waals surface area (Å²) in [5.74, 6) is -0.844. The molecule has 0 aliphatic heterocycles. The van der Waals surface area contributed by atoms with Gasteiger partial charge in [0.15, 0.2) is 0 Å². The zero-order valence-corrected chi connectivity index (χ0v) is 20.0. The van der Waals surface area contributed by atoms with Crippen LogP contribution < -0.4 is 15.4 Å². The second kappa shape index (κ2) is 10.9. The molecule has 0 bridgehead atoms. The van der Waals surface area contributed by atoms with Crippen molar-refractivity contribution in [3.05, 3.63) is 102 Å². The summed E-state index contributed by atoms with van der Waals surface area (Å²) >= 11 is 0.703. The smallest absolute Gasteiger partial charge is 0.291 e. The van der Waals surface area contributed by atoms with Crippen LogP contribution in [-0.4, -0.2) is 37.0 Å². The van der Waals surface area contributed by atoms with Crippen molar-refractivity contribution in [2.24, 2.45) is 0 Å². The molecule has 0 fully saturated rings. The maximum absolute atomic E-state index is 12.9. The van der Waals surface area contributed by atoms with Crippen molar-refractivity contribution in [1.82, 2.24) is 15.5 Å². The van der Waals surface area contributed by atoms with Gasteiger partial charge in [0.1, 0.15) is 0 Å². The van der Waals surface area contributed by atoms with E-state index in [9.17, 15) is 18.0 Å². The van der Waals surface area contributed by atoms with Crippen LogP contribution in [0.4, 0.5) is 10.8 Å². The first-order chi connectivity index (χ1) is 16.9. The van der Waals surface area contributed by atoms with Gasteiger partial charge < -0.3 is 5.32 Å². The van der Waals surface area contributed by atoms with Gasteiger partial charge in [0.2, 0.25) is 5.13 Å². The molecule has 0 saturated carbocycles. The Morgan fingerprint density at radius 3 is 2.20 bits per heavy atom. The van der Waals surface area contributed by atoms with Gasteiger partial charge in [-0.15, -0.1) is 10.2 Å². The fourth-order valence-corrected chi connectivity index (χ4v) is 5.12. The topological polar surface area (TPSA) is 130 Å². The summed E-state index contributed by atoms with van der Waals surface area (Å²) in [5.41, 5.74) is 1.76. The molecule has 2 amide bonds. The van der Waals surface area contributed by atoms with Crippen molar-refractivity contribution in [2.75, 3.05) is 16.6 Å². The molecule has 0 aliphatic rings. The summed E-state index contributed by atoms with van der Waals surface area (Å²) in [6, 6.07) is 24.4. The van der Waals surface area contributed by atoms with Gasteiger partial charge in [-0.05, 0) is 36.2 Å². The van der Waals surface area contributed by atoms with E-state index >= 15 is 0 Å². The van der Waals surface area contributed by atoms with E-state index in [1.807, 2.05) is 30.3 Å². The number of aromatic nitrogens is 2. The number of nitrogens with zero attached hydrogens (tertiary/aromatic N) is 2. The Hall–Kier alpha value is -4.09. The molecule has 35 heavy (non-hydrogen) atoms. The molecule has 3 N–H and O–H groups in total. The first-order valence-corrected chi connectivity index (χ1v) is 12.9. The van der Waals surface area contributed by atoms with E-state index in [-0.39, 0.29) is 20.7 Å². The zero-order chi connectivity index (χ0) is 24.7. The van der Waals surface area contributed by atoms with Crippen molar-refractivity contribution in [3.8, 4) is 0 Å². The Labute approximate surface area is 206 Å². The number of sulfonamides is 1. The molecule has 3 aromatic carbocycles. The van der Waals surface area contributed by atoms with Crippen LogP contribution in [0, 0.1) is 0 Å². The van der Waals surface area contributed by atoms with Crippen LogP contribution in [0.25, 0.3) is 0 Å². The van der Waals surface area contributed by atoms with Crippen molar-refractivity contribution in [3.63, 3.8) is 0 Å². The lowest BCUT2D eigenvalue weighted by Crippen LogP contribution is -2.27. The number of hydrogen-bond acceptors (Lipinski definition) is 7. The molecule has 0 aliphatic carbocycles. The summed E-state index contributed by atoms with van der Waals surface area (Å²) in [7, 11) is -4.15. The quantitative estimate of drug-likeness (QED) is 0.297. The molecule has 0 spiro atoms. The lowest BCUT2D eigenvalue weighted by Gasteiger charge is -2.11. The molecular weight excluding hydrogens is 486 g/mol. The van der Waals surface area contributed by atoms with Crippen LogP contribution >= 0.6 is 11.3 Å². The van der Waals surface area contributed by atoms with Gasteiger partial charge in [0.05, 0.1) is 11.3 Å². The number of carbonyl (C=O) groups excluding carboxylic acids is 2. The zero-order valence-electron chi connectivity index (χ0n) is 18.3. The molecule has 9 nitrogen and oxygen atoms in total. The highest BCUT2D eigenvalue weighted by Crippen LogP contribution is 2.24. The number of hydrogen-bond donors (Lipinski definition) is 3. The predicted molar refractivity (Wildman–Crippen MR) is 134 cm³/mol.